The van der Waals surface area contributed by atoms with E-state index >= 15 is 0 Å². The van der Waals surface area contributed by atoms with Gasteiger partial charge in [-0.1, -0.05) is 24.3 Å². The summed E-state index contributed by atoms with van der Waals surface area (Å²) in [6.45, 7) is 1.84. The molecular weight excluding hydrogens is 560 g/mol. The minimum absolute atomic E-state index is 0.188. The molecule has 0 bridgehead atoms. The predicted octanol–water partition coefficient (Wildman–Crippen LogP) is 6.68. The number of esters is 1. The molecule has 34 heavy (non-hydrogen) atoms. The van der Waals surface area contributed by atoms with Gasteiger partial charge in [-0.25, -0.2) is 4.79 Å². The Balaban J connectivity index is 1.79. The summed E-state index contributed by atoms with van der Waals surface area (Å²) in [5, 5.41) is 0. The summed E-state index contributed by atoms with van der Waals surface area (Å²) in [6, 6.07) is 18.0. The van der Waals surface area contributed by atoms with Crippen molar-refractivity contribution < 1.29 is 32.2 Å². The Labute approximate surface area is 209 Å². The molecule has 0 aliphatic rings. The van der Waals surface area contributed by atoms with Crippen LogP contribution in [0.1, 0.15) is 22.3 Å². The van der Waals surface area contributed by atoms with Crippen molar-refractivity contribution in [3.05, 3.63) is 98.6 Å². The molecule has 0 spiro atoms. The molecule has 0 radical (unpaired) electrons. The van der Waals surface area contributed by atoms with E-state index in [2.05, 4.69) is 27.3 Å². The molecule has 0 aromatic heterocycles. The lowest BCUT2D eigenvalue weighted by Gasteiger charge is -2.13. The van der Waals surface area contributed by atoms with E-state index < -0.39 is 17.7 Å². The van der Waals surface area contributed by atoms with Crippen molar-refractivity contribution in [1.29, 1.82) is 0 Å². The molecule has 3 rings (SSSR count). The van der Waals surface area contributed by atoms with Gasteiger partial charge in [-0.2, -0.15) is 13.2 Å². The maximum Gasteiger partial charge on any atom is 0.416 e. The zero-order valence-electron chi connectivity index (χ0n) is 18.5. The molecule has 0 aliphatic carbocycles. The number of benzene rings is 3. The Morgan fingerprint density at radius 2 is 1.56 bits per heavy atom. The highest BCUT2D eigenvalue weighted by molar-refractivity contribution is 14.1. The number of methoxy groups -OCH3 is 1. The van der Waals surface area contributed by atoms with Gasteiger partial charge in [0.2, 0.25) is 0 Å². The van der Waals surface area contributed by atoms with Crippen LogP contribution >= 0.6 is 22.6 Å². The number of carbonyl (C=O) groups is 1. The fourth-order valence-electron chi connectivity index (χ4n) is 3.16. The van der Waals surface area contributed by atoms with E-state index in [0.29, 0.717) is 17.1 Å². The summed E-state index contributed by atoms with van der Waals surface area (Å²) in [5.74, 6) is 0.655. The van der Waals surface area contributed by atoms with Gasteiger partial charge in [0.1, 0.15) is 18.1 Å². The van der Waals surface area contributed by atoms with Crippen molar-refractivity contribution in [2.45, 2.75) is 13.1 Å². The van der Waals surface area contributed by atoms with Crippen molar-refractivity contribution in [3.8, 4) is 11.5 Å². The van der Waals surface area contributed by atoms with Crippen molar-refractivity contribution in [3.63, 3.8) is 0 Å². The third-order valence-corrected chi connectivity index (χ3v) is 5.65. The molecule has 0 N–H and O–H groups in total. The molecule has 0 heterocycles. The number of hydrogen-bond donors (Lipinski definition) is 0. The highest BCUT2D eigenvalue weighted by Crippen LogP contribution is 2.32. The lowest BCUT2D eigenvalue weighted by Crippen LogP contribution is -2.13. The lowest BCUT2D eigenvalue weighted by molar-refractivity contribution is -0.143. The number of halogens is 4. The van der Waals surface area contributed by atoms with E-state index in [1.54, 1.807) is 18.2 Å². The van der Waals surface area contributed by atoms with Crippen LogP contribution in [0.5, 0.6) is 11.5 Å². The Morgan fingerprint density at radius 3 is 2.12 bits per heavy atom. The van der Waals surface area contributed by atoms with Crippen LogP contribution in [0.4, 0.5) is 13.2 Å². The minimum Gasteiger partial charge on any atom is -0.489 e. The van der Waals surface area contributed by atoms with Crippen LogP contribution in [-0.4, -0.2) is 26.3 Å². The lowest BCUT2D eigenvalue weighted by atomic mass is 9.96. The molecule has 0 saturated carbocycles. The fraction of sp³-hybridized carbons (Fsp3) is 0.192. The Bertz CT molecular complexity index is 1150. The topological polar surface area (TPSA) is 44.8 Å². The van der Waals surface area contributed by atoms with Crippen LogP contribution < -0.4 is 9.47 Å². The van der Waals surface area contributed by atoms with Gasteiger partial charge in [-0.15, -0.1) is 0 Å². The second-order valence-electron chi connectivity index (χ2n) is 7.30. The molecule has 0 saturated heterocycles. The van der Waals surface area contributed by atoms with Crippen LogP contribution in [0.25, 0.3) is 5.57 Å². The highest BCUT2D eigenvalue weighted by atomic mass is 127. The number of carbonyl (C=O) groups excluding carboxylic acids is 1. The molecule has 178 valence electrons. The Kier molecular flexibility index (Phi) is 8.60. The minimum atomic E-state index is -4.39. The largest absolute Gasteiger partial charge is 0.489 e. The molecule has 4 nitrogen and oxygen atoms in total. The first kappa shape index (κ1) is 25.6. The second-order valence-corrected chi connectivity index (χ2v) is 8.55. The van der Waals surface area contributed by atoms with E-state index in [1.165, 1.54) is 19.2 Å². The van der Waals surface area contributed by atoms with Gasteiger partial charge in [0.15, 0.2) is 6.61 Å². The van der Waals surface area contributed by atoms with Gasteiger partial charge in [0.05, 0.1) is 12.7 Å². The third kappa shape index (κ3) is 6.99. The molecule has 0 aliphatic heterocycles. The average molecular weight is 582 g/mol. The number of aryl methyl sites for hydroxylation is 1. The van der Waals surface area contributed by atoms with E-state index in [4.69, 9.17) is 9.47 Å². The van der Waals surface area contributed by atoms with Crippen LogP contribution in [0, 0.1) is 10.5 Å². The Morgan fingerprint density at radius 1 is 0.941 bits per heavy atom. The van der Waals surface area contributed by atoms with Gasteiger partial charge in [-0.3, -0.25) is 0 Å². The molecule has 0 fully saturated rings. The van der Waals surface area contributed by atoms with Crippen molar-refractivity contribution in [2.24, 2.45) is 0 Å². The van der Waals surface area contributed by atoms with Gasteiger partial charge in [0.25, 0.3) is 0 Å². The molecule has 3 aromatic rings. The Hall–Kier alpha value is -3.01. The SMILES string of the molecule is COC(=O)COc1ccc(OC/C=C(\c2ccc(I)cc2)c2ccc(C(F)(F)F)cc2)cc1C. The first-order chi connectivity index (χ1) is 16.2. The molecule has 0 unspecified atom stereocenters. The first-order valence-electron chi connectivity index (χ1n) is 10.2. The summed E-state index contributed by atoms with van der Waals surface area (Å²) in [4.78, 5) is 11.3. The summed E-state index contributed by atoms with van der Waals surface area (Å²) in [5.41, 5.74) is 2.37. The van der Waals surface area contributed by atoms with Gasteiger partial charge >= 0.3 is 12.1 Å². The second kappa shape index (κ2) is 11.4. The van der Waals surface area contributed by atoms with E-state index in [-0.39, 0.29) is 13.2 Å². The van der Waals surface area contributed by atoms with Crippen LogP contribution in [0.2, 0.25) is 0 Å². The smallest absolute Gasteiger partial charge is 0.416 e. The van der Waals surface area contributed by atoms with Gasteiger partial charge in [-0.05, 0) is 100 Å². The normalized spacial score (nSPS) is 11.8. The maximum absolute atomic E-state index is 13.0. The molecule has 0 atom stereocenters. The summed E-state index contributed by atoms with van der Waals surface area (Å²) in [7, 11) is 1.29. The van der Waals surface area contributed by atoms with E-state index in [0.717, 1.165) is 32.4 Å². The van der Waals surface area contributed by atoms with Crippen LogP contribution in [0.3, 0.4) is 0 Å². The number of alkyl halides is 3. The quantitative estimate of drug-likeness (QED) is 0.220. The van der Waals surface area contributed by atoms with Crippen molar-refractivity contribution in [1.82, 2.24) is 0 Å². The average Bonchev–Trinajstić information content (AvgIpc) is 2.81. The standard InChI is InChI=1S/C26H22F3IO4/c1-17-15-22(11-12-24(17)34-16-25(31)32-2)33-14-13-23(19-5-9-21(30)10-6-19)18-3-7-20(8-4-18)26(27,28)29/h3-13,15H,14,16H2,1-2H3/b23-13-. The zero-order valence-corrected chi connectivity index (χ0v) is 20.6. The monoisotopic (exact) mass is 582 g/mol. The maximum atomic E-state index is 13.0. The number of ether oxygens (including phenoxy) is 3. The zero-order chi connectivity index (χ0) is 24.7. The number of rotatable bonds is 8. The van der Waals surface area contributed by atoms with Gasteiger partial charge < -0.3 is 14.2 Å². The summed E-state index contributed by atoms with van der Waals surface area (Å²) in [6.07, 6.45) is -2.55. The summed E-state index contributed by atoms with van der Waals surface area (Å²) >= 11 is 2.20. The first-order valence-corrected chi connectivity index (χ1v) is 11.3. The summed E-state index contributed by atoms with van der Waals surface area (Å²) < 4.78 is 55.8. The third-order valence-electron chi connectivity index (χ3n) is 4.94. The van der Waals surface area contributed by atoms with Gasteiger partial charge in [0, 0.05) is 3.57 Å². The van der Waals surface area contributed by atoms with Crippen molar-refractivity contribution in [2.75, 3.05) is 20.3 Å². The van der Waals surface area contributed by atoms with E-state index in [9.17, 15) is 18.0 Å². The van der Waals surface area contributed by atoms with Crippen LogP contribution in [0.15, 0.2) is 72.8 Å². The van der Waals surface area contributed by atoms with Crippen molar-refractivity contribution >= 4 is 34.1 Å². The highest BCUT2D eigenvalue weighted by Gasteiger charge is 2.30. The molecular formula is C26H22F3IO4. The molecule has 0 amide bonds. The molecule has 8 heteroatoms. The predicted molar refractivity (Wildman–Crippen MR) is 132 cm³/mol. The molecule has 3 aromatic carbocycles. The van der Waals surface area contributed by atoms with E-state index in [1.807, 2.05) is 37.3 Å². The fourth-order valence-corrected chi connectivity index (χ4v) is 3.52. The number of hydrogen-bond acceptors (Lipinski definition) is 4. The van der Waals surface area contributed by atoms with Crippen LogP contribution in [-0.2, 0) is 15.7 Å².